The van der Waals surface area contributed by atoms with Crippen LogP contribution in [0.1, 0.15) is 71.5 Å². The summed E-state index contributed by atoms with van der Waals surface area (Å²) in [4.78, 5) is 43.9. The van der Waals surface area contributed by atoms with Gasteiger partial charge in [0.2, 0.25) is 0 Å². The molecule has 1 aromatic heterocycles. The second-order valence-electron chi connectivity index (χ2n) is 11.5. The third-order valence-electron chi connectivity index (χ3n) is 7.55. The molecule has 0 spiro atoms. The van der Waals surface area contributed by atoms with E-state index < -0.39 is 17.6 Å². The standard InChI is InChI=1S/C31H37N5O5/c1-31(2,3)41-30(39)20-8-10-22(11-9-20)34-28(37)27-25-6-5-7-26(35-15-12-23(40-4)13-16-35)24(25)14-17-36(27)29(38)21-18-32-33-19-21/h5-11,18-19,23,27H,12-17H2,1-4H3,(H,32,33)(H,34,37). The van der Waals surface area contributed by atoms with Crippen molar-refractivity contribution in [3.8, 4) is 0 Å². The highest BCUT2D eigenvalue weighted by Crippen LogP contribution is 2.38. The highest BCUT2D eigenvalue weighted by molar-refractivity contribution is 6.02. The number of benzene rings is 2. The molecule has 5 rings (SSSR count). The molecule has 2 aromatic carbocycles. The van der Waals surface area contributed by atoms with Crippen LogP contribution in [0.25, 0.3) is 0 Å². The highest BCUT2D eigenvalue weighted by Gasteiger charge is 2.38. The van der Waals surface area contributed by atoms with Gasteiger partial charge in [-0.05, 0) is 81.5 Å². The van der Waals surface area contributed by atoms with Crippen molar-refractivity contribution >= 4 is 29.2 Å². The molecular weight excluding hydrogens is 522 g/mol. The number of aromatic amines is 1. The van der Waals surface area contributed by atoms with E-state index in [9.17, 15) is 14.4 Å². The molecule has 0 saturated carbocycles. The normalized spacial score (nSPS) is 17.6. The van der Waals surface area contributed by atoms with Crippen LogP contribution >= 0.6 is 0 Å². The molecule has 10 heteroatoms. The number of carbonyl (C=O) groups excluding carboxylic acids is 3. The van der Waals surface area contributed by atoms with Crippen LogP contribution in [0.2, 0.25) is 0 Å². The number of carbonyl (C=O) groups is 3. The fraction of sp³-hybridized carbons (Fsp3) is 0.419. The maximum absolute atomic E-state index is 13.9. The molecule has 0 bridgehead atoms. The lowest BCUT2D eigenvalue weighted by molar-refractivity contribution is -0.121. The second kappa shape index (κ2) is 11.7. The van der Waals surface area contributed by atoms with E-state index in [-0.39, 0.29) is 17.9 Å². The van der Waals surface area contributed by atoms with Crippen LogP contribution < -0.4 is 10.2 Å². The summed E-state index contributed by atoms with van der Waals surface area (Å²) in [7, 11) is 1.75. The van der Waals surface area contributed by atoms with Crippen molar-refractivity contribution in [3.05, 3.63) is 77.1 Å². The van der Waals surface area contributed by atoms with E-state index in [0.717, 1.165) is 42.7 Å². The third-order valence-corrected chi connectivity index (χ3v) is 7.55. The number of aromatic nitrogens is 2. The van der Waals surface area contributed by atoms with Crippen LogP contribution in [-0.4, -0.2) is 71.3 Å². The van der Waals surface area contributed by atoms with Gasteiger partial charge in [0.1, 0.15) is 11.6 Å². The number of rotatable bonds is 6. The molecule has 1 saturated heterocycles. The Hall–Kier alpha value is -4.18. The van der Waals surface area contributed by atoms with Crippen LogP contribution in [0.5, 0.6) is 0 Å². The van der Waals surface area contributed by atoms with Crippen LogP contribution in [0.15, 0.2) is 54.9 Å². The molecule has 2 N–H and O–H groups in total. The molecule has 3 heterocycles. The summed E-state index contributed by atoms with van der Waals surface area (Å²) in [5.41, 5.74) is 3.68. The number of anilines is 2. The minimum absolute atomic E-state index is 0.258. The first kappa shape index (κ1) is 28.4. The number of ether oxygens (including phenoxy) is 2. The fourth-order valence-electron chi connectivity index (χ4n) is 5.55. The molecule has 1 fully saturated rings. The maximum atomic E-state index is 13.9. The van der Waals surface area contributed by atoms with Gasteiger partial charge in [-0.2, -0.15) is 5.10 Å². The zero-order valence-corrected chi connectivity index (χ0v) is 24.0. The lowest BCUT2D eigenvalue weighted by atomic mass is 9.89. The summed E-state index contributed by atoms with van der Waals surface area (Å²) in [5.74, 6) is -1.03. The summed E-state index contributed by atoms with van der Waals surface area (Å²) in [6, 6.07) is 11.7. The van der Waals surface area contributed by atoms with Crippen molar-refractivity contribution in [1.29, 1.82) is 0 Å². The highest BCUT2D eigenvalue weighted by atomic mass is 16.6. The molecule has 2 aliphatic heterocycles. The van der Waals surface area contributed by atoms with Gasteiger partial charge < -0.3 is 24.6 Å². The molecule has 2 aliphatic rings. The van der Waals surface area contributed by atoms with E-state index in [4.69, 9.17) is 9.47 Å². The molecule has 2 amide bonds. The number of methoxy groups -OCH3 is 1. The van der Waals surface area contributed by atoms with E-state index in [1.807, 2.05) is 32.9 Å². The van der Waals surface area contributed by atoms with Gasteiger partial charge in [0.05, 0.1) is 23.4 Å². The molecule has 41 heavy (non-hydrogen) atoms. The molecule has 0 aliphatic carbocycles. The Kier molecular flexibility index (Phi) is 8.12. The molecule has 1 atom stereocenters. The number of nitrogens with zero attached hydrogens (tertiary/aromatic N) is 3. The Morgan fingerprint density at radius 2 is 1.73 bits per heavy atom. The van der Waals surface area contributed by atoms with Crippen LogP contribution in [0.3, 0.4) is 0 Å². The summed E-state index contributed by atoms with van der Waals surface area (Å²) in [6.07, 6.45) is 5.78. The Morgan fingerprint density at radius 3 is 2.37 bits per heavy atom. The van der Waals surface area contributed by atoms with Gasteiger partial charge in [-0.3, -0.25) is 14.7 Å². The van der Waals surface area contributed by atoms with Gasteiger partial charge in [0.25, 0.3) is 11.8 Å². The lowest BCUT2D eigenvalue weighted by Crippen LogP contribution is -2.46. The monoisotopic (exact) mass is 559 g/mol. The van der Waals surface area contributed by atoms with E-state index in [1.165, 1.54) is 6.20 Å². The number of hydrogen-bond donors (Lipinski definition) is 2. The summed E-state index contributed by atoms with van der Waals surface area (Å²) in [5, 5.41) is 9.59. The molecule has 3 aromatic rings. The first-order chi connectivity index (χ1) is 19.6. The number of piperidine rings is 1. The number of hydrogen-bond acceptors (Lipinski definition) is 7. The lowest BCUT2D eigenvalue weighted by Gasteiger charge is -2.40. The first-order valence-electron chi connectivity index (χ1n) is 14.0. The van der Waals surface area contributed by atoms with Crippen molar-refractivity contribution in [3.63, 3.8) is 0 Å². The molecular formula is C31H37N5O5. The molecule has 216 valence electrons. The third kappa shape index (κ3) is 6.27. The average Bonchev–Trinajstić information content (AvgIpc) is 3.50. The van der Waals surface area contributed by atoms with E-state index in [1.54, 1.807) is 42.5 Å². The molecule has 0 radical (unpaired) electrons. The van der Waals surface area contributed by atoms with Crippen LogP contribution in [0.4, 0.5) is 11.4 Å². The van der Waals surface area contributed by atoms with Crippen molar-refractivity contribution < 1.29 is 23.9 Å². The van der Waals surface area contributed by atoms with E-state index in [0.29, 0.717) is 29.8 Å². The van der Waals surface area contributed by atoms with Crippen molar-refractivity contribution in [2.24, 2.45) is 0 Å². The van der Waals surface area contributed by atoms with Crippen molar-refractivity contribution in [1.82, 2.24) is 15.1 Å². The predicted octanol–water partition coefficient (Wildman–Crippen LogP) is 4.36. The summed E-state index contributed by atoms with van der Waals surface area (Å²) >= 11 is 0. The Bertz CT molecular complexity index is 1390. The zero-order valence-electron chi connectivity index (χ0n) is 24.0. The molecule has 10 nitrogen and oxygen atoms in total. The second-order valence-corrected chi connectivity index (χ2v) is 11.5. The minimum atomic E-state index is -0.844. The van der Waals surface area contributed by atoms with Crippen molar-refractivity contribution in [2.75, 3.05) is 37.0 Å². The first-order valence-corrected chi connectivity index (χ1v) is 14.0. The van der Waals surface area contributed by atoms with Crippen molar-refractivity contribution in [2.45, 2.75) is 57.8 Å². The number of H-pyrrole nitrogens is 1. The van der Waals surface area contributed by atoms with E-state index in [2.05, 4.69) is 26.5 Å². The van der Waals surface area contributed by atoms with E-state index >= 15 is 0 Å². The van der Waals surface area contributed by atoms with Crippen LogP contribution in [0, 0.1) is 0 Å². The predicted molar refractivity (Wildman–Crippen MR) is 155 cm³/mol. The average molecular weight is 560 g/mol. The minimum Gasteiger partial charge on any atom is -0.456 e. The Balaban J connectivity index is 1.43. The zero-order chi connectivity index (χ0) is 29.1. The smallest absolute Gasteiger partial charge is 0.338 e. The summed E-state index contributed by atoms with van der Waals surface area (Å²) < 4.78 is 11.0. The van der Waals surface area contributed by atoms with Gasteiger partial charge in [0, 0.05) is 44.3 Å². The quantitative estimate of drug-likeness (QED) is 0.431. The van der Waals surface area contributed by atoms with Crippen LogP contribution in [-0.2, 0) is 20.7 Å². The van der Waals surface area contributed by atoms with Gasteiger partial charge in [0.15, 0.2) is 0 Å². The SMILES string of the molecule is COC1CCN(c2cccc3c2CCN(C(=O)c2cn[nH]c2)C3C(=O)Nc2ccc(C(=O)OC(C)(C)C)cc2)CC1. The number of esters is 1. The Morgan fingerprint density at radius 1 is 1.00 bits per heavy atom. The number of nitrogens with one attached hydrogen (secondary N) is 2. The van der Waals surface area contributed by atoms with Gasteiger partial charge >= 0.3 is 5.97 Å². The fourth-order valence-corrected chi connectivity index (χ4v) is 5.55. The topological polar surface area (TPSA) is 117 Å². The maximum Gasteiger partial charge on any atom is 0.338 e. The number of amides is 2. The molecule has 1 unspecified atom stereocenters. The Labute approximate surface area is 240 Å². The number of fused-ring (bicyclic) bond motifs is 1. The largest absolute Gasteiger partial charge is 0.456 e. The van der Waals surface area contributed by atoms with Gasteiger partial charge in [-0.15, -0.1) is 0 Å². The van der Waals surface area contributed by atoms with Gasteiger partial charge in [-0.1, -0.05) is 12.1 Å². The van der Waals surface area contributed by atoms with Gasteiger partial charge in [-0.25, -0.2) is 4.79 Å². The summed E-state index contributed by atoms with van der Waals surface area (Å²) in [6.45, 7) is 7.56.